The second-order valence-corrected chi connectivity index (χ2v) is 16.6. The van der Waals surface area contributed by atoms with Gasteiger partial charge in [0.1, 0.15) is 0 Å². The maximum atomic E-state index is 8.98. The minimum absolute atomic E-state index is 0.0724. The fourth-order valence-corrected chi connectivity index (χ4v) is 9.77. The molecule has 2 nitrogen and oxygen atoms in total. The van der Waals surface area contributed by atoms with E-state index in [0.717, 1.165) is 38.6 Å². The molecule has 0 atom stereocenters. The van der Waals surface area contributed by atoms with Crippen molar-refractivity contribution in [1.82, 2.24) is 0 Å². The minimum Gasteiger partial charge on any atom is -0.282 e. The van der Waals surface area contributed by atoms with Crippen LogP contribution in [0.1, 0.15) is 41.7 Å². The van der Waals surface area contributed by atoms with Crippen LogP contribution in [0.2, 0.25) is 0 Å². The van der Waals surface area contributed by atoms with Gasteiger partial charge in [-0.3, -0.25) is 5.41 Å². The standard InChI is InChI=1S/C59H42N2/c1-59(2)54-34-29-42(37-53(54)57-46-22-9-7-16-39(46)28-35-55(57)59)45-32-33-51(49-25-13-12-24-48(45)49)50-31-27-40(43-20-10-11-23-47(43)50)30-36-56(61-58(60)41-17-4-3-5-18-41)52-26-14-19-38-15-6-8-21-44(38)52/h3-37,60H,1-2H3/b36-30+,60-58?,61-56?. The van der Waals surface area contributed by atoms with Crippen LogP contribution in [-0.4, -0.2) is 11.5 Å². The highest BCUT2D eigenvalue weighted by molar-refractivity contribution is 6.23. The zero-order chi connectivity index (χ0) is 41.1. The van der Waals surface area contributed by atoms with Crippen molar-refractivity contribution in [3.8, 4) is 33.4 Å². The van der Waals surface area contributed by atoms with E-state index in [-0.39, 0.29) is 11.3 Å². The molecule has 10 aromatic rings. The Labute approximate surface area is 356 Å². The first-order valence-electron chi connectivity index (χ1n) is 21.0. The molecule has 0 saturated carbocycles. The molecular formula is C59H42N2. The van der Waals surface area contributed by atoms with E-state index in [4.69, 9.17) is 10.4 Å². The van der Waals surface area contributed by atoms with Crippen molar-refractivity contribution >= 4 is 60.7 Å². The fraction of sp³-hybridized carbons (Fsp3) is 0.0508. The number of aliphatic imine (C=N–C) groups is 1. The SMILES string of the molecule is CC1(C)c2ccc(-c3ccc(-c4ccc(/C=C/C(=NC(=N)c5ccccc5)c5cccc6ccccc56)c5ccccc45)c4ccccc34)cc2-c2c1ccc1ccccc21. The molecule has 0 amide bonds. The molecule has 0 radical (unpaired) electrons. The van der Waals surface area contributed by atoms with E-state index in [0.29, 0.717) is 0 Å². The van der Waals surface area contributed by atoms with Gasteiger partial charge in [0.15, 0.2) is 5.84 Å². The maximum Gasteiger partial charge on any atom is 0.152 e. The van der Waals surface area contributed by atoms with Gasteiger partial charge in [-0.05, 0) is 105 Å². The van der Waals surface area contributed by atoms with Gasteiger partial charge < -0.3 is 0 Å². The summed E-state index contributed by atoms with van der Waals surface area (Å²) >= 11 is 0. The van der Waals surface area contributed by atoms with Gasteiger partial charge >= 0.3 is 0 Å². The van der Waals surface area contributed by atoms with Crippen LogP contribution in [0.4, 0.5) is 0 Å². The number of hydrogen-bond acceptors (Lipinski definition) is 1. The molecule has 10 aromatic carbocycles. The van der Waals surface area contributed by atoms with Gasteiger partial charge in [0.2, 0.25) is 0 Å². The van der Waals surface area contributed by atoms with Gasteiger partial charge in [-0.25, -0.2) is 4.99 Å². The van der Waals surface area contributed by atoms with Crippen molar-refractivity contribution in [2.45, 2.75) is 19.3 Å². The van der Waals surface area contributed by atoms with E-state index in [2.05, 4.69) is 196 Å². The fourth-order valence-electron chi connectivity index (χ4n) is 9.77. The number of allylic oxidation sites excluding steroid dienone is 1. The van der Waals surface area contributed by atoms with Crippen molar-refractivity contribution in [3.63, 3.8) is 0 Å². The topological polar surface area (TPSA) is 36.2 Å². The third kappa shape index (κ3) is 6.10. The summed E-state index contributed by atoms with van der Waals surface area (Å²) in [6, 6.07) is 71.6. The van der Waals surface area contributed by atoms with E-state index < -0.39 is 0 Å². The van der Waals surface area contributed by atoms with Crippen LogP contribution >= 0.6 is 0 Å². The summed E-state index contributed by atoms with van der Waals surface area (Å²) in [5, 5.41) is 18.6. The Balaban J connectivity index is 1.02. The highest BCUT2D eigenvalue weighted by Gasteiger charge is 2.36. The Morgan fingerprint density at radius 2 is 1.02 bits per heavy atom. The van der Waals surface area contributed by atoms with Gasteiger partial charge in [-0.15, -0.1) is 0 Å². The lowest BCUT2D eigenvalue weighted by atomic mass is 9.81. The Bertz CT molecular complexity index is 3450. The summed E-state index contributed by atoms with van der Waals surface area (Å²) < 4.78 is 0. The van der Waals surface area contributed by atoms with E-state index in [1.165, 1.54) is 71.4 Å². The largest absolute Gasteiger partial charge is 0.282 e. The van der Waals surface area contributed by atoms with Crippen molar-refractivity contribution in [2.24, 2.45) is 4.99 Å². The van der Waals surface area contributed by atoms with Crippen LogP contribution in [0.25, 0.3) is 82.5 Å². The molecule has 288 valence electrons. The number of amidine groups is 1. The molecule has 0 heterocycles. The Hall–Kier alpha value is -7.68. The molecule has 0 unspecified atom stereocenters. The Morgan fingerprint density at radius 3 is 1.77 bits per heavy atom. The third-order valence-electron chi connectivity index (χ3n) is 12.8. The summed E-state index contributed by atoms with van der Waals surface area (Å²) in [4.78, 5) is 4.96. The molecule has 0 bridgehead atoms. The lowest BCUT2D eigenvalue weighted by Gasteiger charge is -2.22. The van der Waals surface area contributed by atoms with Crippen molar-refractivity contribution < 1.29 is 0 Å². The van der Waals surface area contributed by atoms with Gasteiger partial charge in [0.25, 0.3) is 0 Å². The molecule has 0 fully saturated rings. The average molecular weight is 779 g/mol. The molecule has 0 saturated heterocycles. The second-order valence-electron chi connectivity index (χ2n) is 16.6. The summed E-state index contributed by atoms with van der Waals surface area (Å²) in [7, 11) is 0. The first kappa shape index (κ1) is 36.4. The Kier molecular flexibility index (Phi) is 8.68. The van der Waals surface area contributed by atoms with Crippen LogP contribution in [0.5, 0.6) is 0 Å². The molecule has 1 aliphatic rings. The molecule has 2 heteroatoms. The predicted molar refractivity (Wildman–Crippen MR) is 260 cm³/mol. The summed E-state index contributed by atoms with van der Waals surface area (Å²) in [5.41, 5.74) is 13.9. The van der Waals surface area contributed by atoms with E-state index in [9.17, 15) is 0 Å². The van der Waals surface area contributed by atoms with Crippen LogP contribution in [0.3, 0.4) is 0 Å². The predicted octanol–water partition coefficient (Wildman–Crippen LogP) is 15.5. The van der Waals surface area contributed by atoms with Crippen LogP contribution in [0.15, 0.2) is 211 Å². The smallest absolute Gasteiger partial charge is 0.152 e. The van der Waals surface area contributed by atoms with E-state index >= 15 is 0 Å². The van der Waals surface area contributed by atoms with E-state index in [1.807, 2.05) is 30.3 Å². The monoisotopic (exact) mass is 778 g/mol. The average Bonchev–Trinajstić information content (AvgIpc) is 3.55. The third-order valence-corrected chi connectivity index (χ3v) is 12.8. The van der Waals surface area contributed by atoms with Crippen LogP contribution in [-0.2, 0) is 5.41 Å². The summed E-state index contributed by atoms with van der Waals surface area (Å²) in [6.07, 6.45) is 4.23. The second kappa shape index (κ2) is 14.5. The molecule has 1 N–H and O–H groups in total. The molecule has 0 spiro atoms. The lowest BCUT2D eigenvalue weighted by Crippen LogP contribution is -2.14. The van der Waals surface area contributed by atoms with Crippen molar-refractivity contribution in [2.75, 3.05) is 0 Å². The Morgan fingerprint density at radius 1 is 0.459 bits per heavy atom. The minimum atomic E-state index is -0.0724. The lowest BCUT2D eigenvalue weighted by molar-refractivity contribution is 0.661. The molecule has 0 aliphatic heterocycles. The number of nitrogens with one attached hydrogen (secondary N) is 1. The number of nitrogens with zero attached hydrogens (tertiary/aromatic N) is 1. The molecule has 11 rings (SSSR count). The van der Waals surface area contributed by atoms with Gasteiger partial charge in [0.05, 0.1) is 5.71 Å². The molecular weight excluding hydrogens is 737 g/mol. The number of hydrogen-bond donors (Lipinski definition) is 1. The number of benzene rings is 10. The van der Waals surface area contributed by atoms with E-state index in [1.54, 1.807) is 0 Å². The van der Waals surface area contributed by atoms with Gasteiger partial charge in [-0.2, -0.15) is 0 Å². The first-order chi connectivity index (χ1) is 29.9. The van der Waals surface area contributed by atoms with Crippen LogP contribution < -0.4 is 0 Å². The van der Waals surface area contributed by atoms with Crippen LogP contribution in [0, 0.1) is 5.41 Å². The molecule has 0 aromatic heterocycles. The zero-order valence-electron chi connectivity index (χ0n) is 34.2. The maximum absolute atomic E-state index is 8.98. The first-order valence-corrected chi connectivity index (χ1v) is 21.0. The zero-order valence-corrected chi connectivity index (χ0v) is 34.2. The molecule has 61 heavy (non-hydrogen) atoms. The number of rotatable bonds is 6. The van der Waals surface area contributed by atoms with Crippen molar-refractivity contribution in [1.29, 1.82) is 5.41 Å². The van der Waals surface area contributed by atoms with Gasteiger partial charge in [-0.1, -0.05) is 214 Å². The highest BCUT2D eigenvalue weighted by Crippen LogP contribution is 2.52. The van der Waals surface area contributed by atoms with Crippen molar-refractivity contribution in [3.05, 3.63) is 234 Å². The summed E-state index contributed by atoms with van der Waals surface area (Å²) in [5.74, 6) is 0.228. The quantitative estimate of drug-likeness (QED) is 0.129. The normalized spacial score (nSPS) is 13.3. The highest BCUT2D eigenvalue weighted by atomic mass is 14.8. The summed E-state index contributed by atoms with van der Waals surface area (Å²) in [6.45, 7) is 4.72. The number of fused-ring (bicyclic) bond motifs is 8. The van der Waals surface area contributed by atoms with Gasteiger partial charge in [0, 0.05) is 16.5 Å². The molecule has 1 aliphatic carbocycles.